The van der Waals surface area contributed by atoms with Crippen LogP contribution in [0, 0.1) is 17.8 Å². The van der Waals surface area contributed by atoms with Crippen LogP contribution in [-0.2, 0) is 0 Å². The van der Waals surface area contributed by atoms with Gasteiger partial charge in [0.15, 0.2) is 5.17 Å². The third kappa shape index (κ3) is 2.68. The quantitative estimate of drug-likeness (QED) is 0.849. The van der Waals surface area contributed by atoms with Crippen molar-refractivity contribution in [3.05, 3.63) is 0 Å². The van der Waals surface area contributed by atoms with E-state index in [1.807, 2.05) is 11.8 Å². The predicted molar refractivity (Wildman–Crippen MR) is 82.6 cm³/mol. The minimum Gasteiger partial charge on any atom is -0.359 e. The fraction of sp³-hybridized carbons (Fsp3) is 0.938. The lowest BCUT2D eigenvalue weighted by Crippen LogP contribution is -2.46. The van der Waals surface area contributed by atoms with Crippen molar-refractivity contribution in [2.75, 3.05) is 5.75 Å². The summed E-state index contributed by atoms with van der Waals surface area (Å²) in [6.07, 6.45) is 11.3. The second kappa shape index (κ2) is 4.68. The molecule has 19 heavy (non-hydrogen) atoms. The summed E-state index contributed by atoms with van der Waals surface area (Å²) >= 11 is 2.01. The van der Waals surface area contributed by atoms with Gasteiger partial charge in [-0.2, -0.15) is 0 Å². The molecule has 4 fully saturated rings. The van der Waals surface area contributed by atoms with E-state index in [-0.39, 0.29) is 0 Å². The number of rotatable bonds is 3. The van der Waals surface area contributed by atoms with E-state index in [2.05, 4.69) is 12.2 Å². The Kier molecular flexibility index (Phi) is 3.09. The van der Waals surface area contributed by atoms with E-state index in [1.54, 1.807) is 0 Å². The molecule has 0 bridgehead atoms. The summed E-state index contributed by atoms with van der Waals surface area (Å²) in [7, 11) is 0. The smallest absolute Gasteiger partial charge is 0.157 e. The van der Waals surface area contributed by atoms with Gasteiger partial charge < -0.3 is 5.32 Å². The maximum absolute atomic E-state index is 5.14. The zero-order valence-electron chi connectivity index (χ0n) is 12.0. The van der Waals surface area contributed by atoms with Gasteiger partial charge >= 0.3 is 0 Å². The maximum Gasteiger partial charge on any atom is 0.157 e. The molecule has 3 saturated carbocycles. The first-order valence-corrected chi connectivity index (χ1v) is 9.21. The van der Waals surface area contributed by atoms with Gasteiger partial charge in [-0.25, -0.2) is 0 Å². The van der Waals surface area contributed by atoms with Crippen LogP contribution in [0.25, 0.3) is 0 Å². The lowest BCUT2D eigenvalue weighted by atomic mass is 9.78. The monoisotopic (exact) mass is 278 g/mol. The minimum absolute atomic E-state index is 0.410. The molecule has 2 nitrogen and oxygen atoms in total. The van der Waals surface area contributed by atoms with Gasteiger partial charge in [0.2, 0.25) is 0 Å². The standard InChI is InChI=1S/C16H26N2S/c1-11-6-8-16(9-7-11)10-19-15(18-16)17-14(12-2-3-12)13-4-5-13/h11-14H,2-10H2,1H3,(H,17,18). The van der Waals surface area contributed by atoms with Gasteiger partial charge in [0.1, 0.15) is 0 Å². The summed E-state index contributed by atoms with van der Waals surface area (Å²) in [6.45, 7) is 2.40. The Morgan fingerprint density at radius 1 is 1.11 bits per heavy atom. The van der Waals surface area contributed by atoms with Crippen LogP contribution in [0.4, 0.5) is 0 Å². The van der Waals surface area contributed by atoms with Crippen LogP contribution in [0.15, 0.2) is 4.99 Å². The molecule has 0 atom stereocenters. The minimum atomic E-state index is 0.410. The summed E-state index contributed by atoms with van der Waals surface area (Å²) in [6, 6.07) is 0.674. The normalized spacial score (nSPS) is 41.2. The number of hydrogen-bond acceptors (Lipinski definition) is 2. The highest BCUT2D eigenvalue weighted by molar-refractivity contribution is 8.14. The Morgan fingerprint density at radius 2 is 1.74 bits per heavy atom. The van der Waals surface area contributed by atoms with Gasteiger partial charge in [-0.1, -0.05) is 18.7 Å². The number of amidine groups is 1. The van der Waals surface area contributed by atoms with Crippen LogP contribution in [0.3, 0.4) is 0 Å². The van der Waals surface area contributed by atoms with Crippen LogP contribution >= 0.6 is 11.8 Å². The fourth-order valence-electron chi connectivity index (χ4n) is 3.77. The molecule has 3 heteroatoms. The molecular formula is C16H26N2S. The number of nitrogens with one attached hydrogen (secondary N) is 1. The Morgan fingerprint density at radius 3 is 2.32 bits per heavy atom. The second-order valence-electron chi connectivity index (χ2n) is 7.48. The summed E-state index contributed by atoms with van der Waals surface area (Å²) < 4.78 is 0. The third-order valence-corrected chi connectivity index (χ3v) is 6.74. The molecule has 3 aliphatic carbocycles. The van der Waals surface area contributed by atoms with E-state index in [4.69, 9.17) is 4.99 Å². The van der Waals surface area contributed by atoms with E-state index >= 15 is 0 Å². The largest absolute Gasteiger partial charge is 0.359 e. The van der Waals surface area contributed by atoms with Gasteiger partial charge in [0.05, 0.1) is 6.04 Å². The van der Waals surface area contributed by atoms with Gasteiger partial charge in [-0.15, -0.1) is 0 Å². The summed E-state index contributed by atoms with van der Waals surface area (Å²) in [5.41, 5.74) is 0.410. The molecule has 4 rings (SSSR count). The molecule has 4 aliphatic rings. The second-order valence-corrected chi connectivity index (χ2v) is 8.44. The number of nitrogens with zero attached hydrogens (tertiary/aromatic N) is 1. The molecule has 1 aliphatic heterocycles. The predicted octanol–water partition coefficient (Wildman–Crippen LogP) is 3.82. The van der Waals surface area contributed by atoms with Crippen molar-refractivity contribution in [2.24, 2.45) is 22.7 Å². The molecule has 1 saturated heterocycles. The Labute approximate surface area is 121 Å². The SMILES string of the molecule is CC1CCC2(CC1)CSC(=NC(C1CC1)C1CC1)N2. The van der Waals surface area contributed by atoms with Crippen molar-refractivity contribution < 1.29 is 0 Å². The molecule has 0 amide bonds. The van der Waals surface area contributed by atoms with Crippen LogP contribution in [0.1, 0.15) is 58.3 Å². The van der Waals surface area contributed by atoms with Crippen molar-refractivity contribution >= 4 is 16.9 Å². The number of aliphatic imine (C=N–C) groups is 1. The summed E-state index contributed by atoms with van der Waals surface area (Å²) in [5.74, 6) is 4.07. The molecule has 0 radical (unpaired) electrons. The first kappa shape index (κ1) is 12.6. The molecule has 0 aromatic heterocycles. The third-order valence-electron chi connectivity index (χ3n) is 5.56. The van der Waals surface area contributed by atoms with Crippen molar-refractivity contribution in [3.63, 3.8) is 0 Å². The Balaban J connectivity index is 1.43. The van der Waals surface area contributed by atoms with E-state index < -0.39 is 0 Å². The van der Waals surface area contributed by atoms with Crippen LogP contribution in [0.5, 0.6) is 0 Å². The van der Waals surface area contributed by atoms with Crippen LogP contribution in [-0.4, -0.2) is 22.5 Å². The van der Waals surface area contributed by atoms with E-state index in [0.717, 1.165) is 17.8 Å². The number of hydrogen-bond donors (Lipinski definition) is 1. The Bertz CT molecular complexity index is 364. The molecule has 0 aromatic rings. The lowest BCUT2D eigenvalue weighted by molar-refractivity contribution is 0.250. The van der Waals surface area contributed by atoms with Crippen LogP contribution < -0.4 is 5.32 Å². The van der Waals surface area contributed by atoms with Crippen LogP contribution in [0.2, 0.25) is 0 Å². The maximum atomic E-state index is 5.14. The Hall–Kier alpha value is -0.180. The molecule has 1 spiro atoms. The molecule has 1 heterocycles. The zero-order chi connectivity index (χ0) is 12.9. The topological polar surface area (TPSA) is 24.4 Å². The average molecular weight is 278 g/mol. The average Bonchev–Trinajstić information content (AvgIpc) is 3.31. The van der Waals surface area contributed by atoms with E-state index in [9.17, 15) is 0 Å². The highest BCUT2D eigenvalue weighted by atomic mass is 32.2. The first-order valence-electron chi connectivity index (χ1n) is 8.23. The summed E-state index contributed by atoms with van der Waals surface area (Å²) in [5, 5.41) is 5.13. The number of thioether (sulfide) groups is 1. The van der Waals surface area contributed by atoms with Crippen molar-refractivity contribution in [1.29, 1.82) is 0 Å². The highest BCUT2D eigenvalue weighted by Crippen LogP contribution is 2.47. The molecular weight excluding hydrogens is 252 g/mol. The van der Waals surface area contributed by atoms with E-state index in [1.165, 1.54) is 62.3 Å². The first-order chi connectivity index (χ1) is 9.24. The fourth-order valence-corrected chi connectivity index (χ4v) is 5.02. The van der Waals surface area contributed by atoms with Gasteiger partial charge in [0.25, 0.3) is 0 Å². The van der Waals surface area contributed by atoms with Crippen molar-refractivity contribution in [1.82, 2.24) is 5.32 Å². The van der Waals surface area contributed by atoms with Gasteiger partial charge in [-0.05, 0) is 69.1 Å². The van der Waals surface area contributed by atoms with Gasteiger partial charge in [-0.3, -0.25) is 4.99 Å². The molecule has 1 N–H and O–H groups in total. The van der Waals surface area contributed by atoms with E-state index in [0.29, 0.717) is 11.6 Å². The molecule has 0 unspecified atom stereocenters. The van der Waals surface area contributed by atoms with Crippen molar-refractivity contribution in [2.45, 2.75) is 69.9 Å². The highest BCUT2D eigenvalue weighted by Gasteiger charge is 2.44. The summed E-state index contributed by atoms with van der Waals surface area (Å²) in [4.78, 5) is 5.14. The van der Waals surface area contributed by atoms with Gasteiger partial charge in [0, 0.05) is 11.3 Å². The lowest BCUT2D eigenvalue weighted by Gasteiger charge is -2.35. The zero-order valence-corrected chi connectivity index (χ0v) is 12.8. The van der Waals surface area contributed by atoms with Crippen molar-refractivity contribution in [3.8, 4) is 0 Å². The molecule has 106 valence electrons. The molecule has 0 aromatic carbocycles.